The second-order valence-corrected chi connectivity index (χ2v) is 5.92. The number of nitrogens with zero attached hydrogens (tertiary/aromatic N) is 3. The largest absolute Gasteiger partial charge is 0.398 e. The van der Waals surface area contributed by atoms with E-state index >= 15 is 0 Å². The normalized spacial score (nSPS) is 12.3. The minimum Gasteiger partial charge on any atom is -0.398 e. The molecule has 0 aliphatic heterocycles. The molecule has 28 heavy (non-hydrogen) atoms. The van der Waals surface area contributed by atoms with Crippen LogP contribution in [-0.2, 0) is 25.9 Å². The van der Waals surface area contributed by atoms with Crippen molar-refractivity contribution in [2.45, 2.75) is 34.3 Å². The van der Waals surface area contributed by atoms with E-state index < -0.39 is 0 Å². The maximum absolute atomic E-state index is 12.1. The van der Waals surface area contributed by atoms with Crippen molar-refractivity contribution < 1.29 is 19.3 Å². The van der Waals surface area contributed by atoms with Gasteiger partial charge in [-0.25, -0.2) is 0 Å². The molecular weight excluding hydrogens is 360 g/mol. The lowest BCUT2D eigenvalue weighted by Crippen LogP contribution is -2.29. The van der Waals surface area contributed by atoms with Gasteiger partial charge in [-0.3, -0.25) is 4.79 Å². The summed E-state index contributed by atoms with van der Waals surface area (Å²) < 4.78 is 0. The van der Waals surface area contributed by atoms with Gasteiger partial charge in [-0.1, -0.05) is 45.3 Å². The summed E-state index contributed by atoms with van der Waals surface area (Å²) in [5.41, 5.74) is 3.72. The first-order valence-corrected chi connectivity index (χ1v) is 8.87. The summed E-state index contributed by atoms with van der Waals surface area (Å²) in [5, 5.41) is 14.6. The van der Waals surface area contributed by atoms with Crippen molar-refractivity contribution in [3.8, 4) is 0 Å². The van der Waals surface area contributed by atoms with E-state index in [9.17, 15) is 4.79 Å². The molecule has 0 bridgehead atoms. The van der Waals surface area contributed by atoms with Crippen LogP contribution in [0.1, 0.15) is 38.8 Å². The van der Waals surface area contributed by atoms with Crippen LogP contribution >= 0.6 is 0 Å². The molecule has 1 amide bonds. The number of carbonyl (C=O) groups is 1. The molecule has 1 N–H and O–H groups in total. The van der Waals surface area contributed by atoms with Gasteiger partial charge in [-0.15, -0.1) is 0 Å². The van der Waals surface area contributed by atoms with Crippen LogP contribution in [-0.4, -0.2) is 43.8 Å². The Morgan fingerprint density at radius 3 is 2.43 bits per heavy atom. The fourth-order valence-corrected chi connectivity index (χ4v) is 2.15. The van der Waals surface area contributed by atoms with E-state index in [-0.39, 0.29) is 18.2 Å². The lowest BCUT2D eigenvalue weighted by molar-refractivity contribution is -0.114. The molecule has 1 aromatic carbocycles. The lowest BCUT2D eigenvalue weighted by Gasteiger charge is -2.10. The third-order valence-electron chi connectivity index (χ3n) is 3.41. The molecule has 0 heterocycles. The van der Waals surface area contributed by atoms with Gasteiger partial charge in [-0.2, -0.15) is 0 Å². The summed E-state index contributed by atoms with van der Waals surface area (Å²) in [5.74, 6) is -0.358. The molecular formula is C20H28N4O4. The van der Waals surface area contributed by atoms with Crippen LogP contribution in [0.3, 0.4) is 0 Å². The summed E-state index contributed by atoms with van der Waals surface area (Å²) in [6.07, 6.45) is 1.86. The van der Waals surface area contributed by atoms with Crippen molar-refractivity contribution >= 4 is 23.0 Å². The van der Waals surface area contributed by atoms with Crippen LogP contribution in [0.15, 0.2) is 51.4 Å². The molecule has 0 aliphatic rings. The molecule has 152 valence electrons. The maximum atomic E-state index is 12.1. The van der Waals surface area contributed by atoms with Crippen LogP contribution in [0.2, 0.25) is 0 Å². The van der Waals surface area contributed by atoms with Crippen LogP contribution in [0.5, 0.6) is 0 Å². The number of carbonyl (C=O) groups excluding carboxylic acids is 1. The maximum Gasteiger partial charge on any atom is 0.273 e. The highest BCUT2D eigenvalue weighted by atomic mass is 16.6. The van der Waals surface area contributed by atoms with Crippen molar-refractivity contribution in [2.75, 3.05) is 20.8 Å². The number of rotatable bonds is 10. The predicted octanol–water partition coefficient (Wildman–Crippen LogP) is 3.03. The van der Waals surface area contributed by atoms with E-state index in [4.69, 9.17) is 14.5 Å². The van der Waals surface area contributed by atoms with Crippen molar-refractivity contribution in [1.82, 2.24) is 5.32 Å². The lowest BCUT2D eigenvalue weighted by atomic mass is 10.0. The molecule has 0 atom stereocenters. The van der Waals surface area contributed by atoms with Crippen molar-refractivity contribution in [3.05, 3.63) is 47.0 Å². The number of amides is 1. The van der Waals surface area contributed by atoms with Gasteiger partial charge in [0.25, 0.3) is 5.91 Å². The zero-order valence-electron chi connectivity index (χ0n) is 17.3. The third-order valence-corrected chi connectivity index (χ3v) is 3.41. The van der Waals surface area contributed by atoms with E-state index in [1.54, 1.807) is 13.0 Å². The highest BCUT2D eigenvalue weighted by molar-refractivity contribution is 6.46. The summed E-state index contributed by atoms with van der Waals surface area (Å²) >= 11 is 0. The van der Waals surface area contributed by atoms with Gasteiger partial charge in [0.2, 0.25) is 0 Å². The highest BCUT2D eigenvalue weighted by Crippen LogP contribution is 2.13. The molecule has 0 aromatic heterocycles. The van der Waals surface area contributed by atoms with Crippen LogP contribution in [0.4, 0.5) is 0 Å². The minimum absolute atomic E-state index is 0.143. The van der Waals surface area contributed by atoms with Gasteiger partial charge in [0.05, 0.1) is 0 Å². The number of oxime groups is 3. The monoisotopic (exact) mass is 388 g/mol. The van der Waals surface area contributed by atoms with E-state index in [0.717, 1.165) is 11.1 Å². The Hall–Kier alpha value is -3.16. The second kappa shape index (κ2) is 12.3. The Labute approximate surface area is 165 Å². The summed E-state index contributed by atoms with van der Waals surface area (Å²) in [6.45, 7) is 8.16. The molecule has 0 saturated carbocycles. The first-order chi connectivity index (χ1) is 13.4. The van der Waals surface area contributed by atoms with E-state index in [2.05, 4.69) is 20.8 Å². The Kier molecular flexibility index (Phi) is 10.0. The van der Waals surface area contributed by atoms with Gasteiger partial charge >= 0.3 is 0 Å². The van der Waals surface area contributed by atoms with Crippen LogP contribution in [0, 0.1) is 0 Å². The first kappa shape index (κ1) is 22.9. The van der Waals surface area contributed by atoms with Gasteiger partial charge < -0.3 is 19.8 Å². The van der Waals surface area contributed by atoms with Gasteiger partial charge in [0.15, 0.2) is 5.71 Å². The molecule has 0 aliphatic carbocycles. The van der Waals surface area contributed by atoms with Crippen molar-refractivity contribution in [3.63, 3.8) is 0 Å². The highest BCUT2D eigenvalue weighted by Gasteiger charge is 2.17. The Morgan fingerprint density at radius 1 is 1.11 bits per heavy atom. The summed E-state index contributed by atoms with van der Waals surface area (Å²) in [6, 6.07) is 7.26. The average Bonchev–Trinajstić information content (AvgIpc) is 2.68. The number of hydrogen-bond donors (Lipinski definition) is 1. The molecule has 1 rings (SSSR count). The zero-order valence-corrected chi connectivity index (χ0v) is 17.3. The van der Waals surface area contributed by atoms with Gasteiger partial charge in [0.1, 0.15) is 31.7 Å². The van der Waals surface area contributed by atoms with Gasteiger partial charge in [-0.05, 0) is 33.8 Å². The topological polar surface area (TPSA) is 93.9 Å². The Bertz CT molecular complexity index is 778. The number of likely N-dealkylation sites (N-methyl/N-ethyl adjacent to an activating group) is 1. The second-order valence-electron chi connectivity index (χ2n) is 5.92. The number of benzene rings is 1. The minimum atomic E-state index is -0.358. The van der Waals surface area contributed by atoms with Crippen molar-refractivity contribution in [1.29, 1.82) is 0 Å². The third kappa shape index (κ3) is 7.22. The smallest absolute Gasteiger partial charge is 0.273 e. The number of allylic oxidation sites excluding steroid dienone is 2. The van der Waals surface area contributed by atoms with Gasteiger partial charge in [0, 0.05) is 18.2 Å². The predicted molar refractivity (Wildman–Crippen MR) is 110 cm³/mol. The van der Waals surface area contributed by atoms with E-state index in [1.807, 2.05) is 45.0 Å². The summed E-state index contributed by atoms with van der Waals surface area (Å²) in [7, 11) is 2.92. The van der Waals surface area contributed by atoms with E-state index in [1.165, 1.54) is 14.2 Å². The first-order valence-electron chi connectivity index (χ1n) is 8.87. The Morgan fingerprint density at radius 2 is 1.82 bits per heavy atom. The molecule has 1 aromatic rings. The summed E-state index contributed by atoms with van der Waals surface area (Å²) in [4.78, 5) is 27.5. The van der Waals surface area contributed by atoms with Crippen molar-refractivity contribution in [2.24, 2.45) is 15.5 Å². The van der Waals surface area contributed by atoms with Crippen LogP contribution in [0.25, 0.3) is 0 Å². The molecule has 0 unspecified atom stereocenters. The number of hydrogen-bond acceptors (Lipinski definition) is 7. The SMILES string of the molecule is CCON=C(C=C(C)C)C(C)=NOCc1ccccc1C(=NOC)C(=O)NC. The fourth-order valence-electron chi connectivity index (χ4n) is 2.15. The fraction of sp³-hybridized carbons (Fsp3) is 0.400. The molecule has 0 radical (unpaired) electrons. The molecule has 8 nitrogen and oxygen atoms in total. The average molecular weight is 388 g/mol. The molecule has 0 fully saturated rings. The standard InChI is InChI=1S/C20H28N4O4/c1-7-27-23-18(12-14(2)3)15(4)22-28-13-16-10-8-9-11-17(16)19(24-26-6)20(25)21-5/h8-12H,7,13H2,1-6H3,(H,21,25). The molecule has 0 spiro atoms. The van der Waals surface area contributed by atoms with Crippen LogP contribution < -0.4 is 5.32 Å². The quantitative estimate of drug-likeness (QED) is 0.492. The number of nitrogens with one attached hydrogen (secondary N) is 1. The zero-order chi connectivity index (χ0) is 20.9. The molecule has 8 heteroatoms. The molecule has 0 saturated heterocycles. The Balaban J connectivity index is 3.04. The van der Waals surface area contributed by atoms with E-state index in [0.29, 0.717) is 23.6 Å².